The number of nitriles is 1. The first-order valence-electron chi connectivity index (χ1n) is 12.7. The van der Waals surface area contributed by atoms with E-state index in [-0.39, 0.29) is 84.1 Å². The Balaban J connectivity index is 1.60. The summed E-state index contributed by atoms with van der Waals surface area (Å²) in [6, 6.07) is 8.07. The maximum atomic E-state index is 13.5. The number of ketones is 1. The zero-order valence-corrected chi connectivity index (χ0v) is 21.6. The van der Waals surface area contributed by atoms with Crippen molar-refractivity contribution >= 4 is 17.6 Å². The number of ether oxygens (including phenoxy) is 4. The van der Waals surface area contributed by atoms with Crippen molar-refractivity contribution in [3.63, 3.8) is 0 Å². The van der Waals surface area contributed by atoms with Gasteiger partial charge in [0.05, 0.1) is 36.9 Å². The van der Waals surface area contributed by atoms with Gasteiger partial charge in [-0.3, -0.25) is 14.9 Å². The van der Waals surface area contributed by atoms with E-state index in [9.17, 15) is 25.0 Å². The molecule has 1 aromatic carbocycles. The normalized spacial score (nSPS) is 20.9. The first kappa shape index (κ1) is 26.8. The molecule has 2 aliphatic heterocycles. The number of rotatable bonds is 6. The summed E-state index contributed by atoms with van der Waals surface area (Å²) in [5.74, 6) is -1.46. The third-order valence-electron chi connectivity index (χ3n) is 6.95. The second kappa shape index (κ2) is 11.1. The Morgan fingerprint density at radius 3 is 2.73 bits per heavy atom. The van der Waals surface area contributed by atoms with E-state index in [0.717, 1.165) is 0 Å². The van der Waals surface area contributed by atoms with E-state index in [4.69, 9.17) is 29.1 Å². The maximum Gasteiger partial charge on any atom is 0.415 e. The van der Waals surface area contributed by atoms with Crippen LogP contribution < -0.4 is 15.2 Å². The van der Waals surface area contributed by atoms with E-state index in [1.807, 2.05) is 6.07 Å². The van der Waals surface area contributed by atoms with E-state index in [1.165, 1.54) is 23.3 Å². The largest absolute Gasteiger partial charge is 0.490 e. The van der Waals surface area contributed by atoms with Crippen LogP contribution >= 0.6 is 0 Å². The van der Waals surface area contributed by atoms with Crippen LogP contribution in [-0.4, -0.2) is 54.6 Å². The lowest BCUT2D eigenvalue weighted by atomic mass is 9.74. The second-order valence-corrected chi connectivity index (χ2v) is 9.33. The fraction of sp³-hybridized carbons (Fsp3) is 0.370. The first-order chi connectivity index (χ1) is 19.3. The van der Waals surface area contributed by atoms with Gasteiger partial charge in [-0.25, -0.2) is 4.79 Å². The molecule has 1 aromatic heterocycles. The van der Waals surface area contributed by atoms with Crippen LogP contribution in [0.15, 0.2) is 57.7 Å². The number of carbonyl (C=O) groups is 2. The third-order valence-corrected chi connectivity index (χ3v) is 6.95. The third kappa shape index (κ3) is 4.96. The highest BCUT2D eigenvalue weighted by atomic mass is 16.6. The van der Waals surface area contributed by atoms with Crippen LogP contribution in [0, 0.1) is 21.4 Å². The molecule has 1 saturated heterocycles. The number of hydrogen-bond acceptors (Lipinski definition) is 11. The fourth-order valence-corrected chi connectivity index (χ4v) is 5.14. The smallest absolute Gasteiger partial charge is 0.415 e. The molecule has 1 fully saturated rings. The maximum absolute atomic E-state index is 13.5. The number of nitrogens with zero attached hydrogens (tertiary/aromatic N) is 3. The molecule has 208 valence electrons. The standard InChI is InChI=1S/C27H26N4O9/c1-2-37-22-13-16(10-18(31(34)35)25(22)40-27(33)30-5-8-36-9-6-30)23-17(14-28)26(29)39-21-12-15(11-19(32)24(21)23)20-4-3-7-38-20/h3-4,7,10,13,15,23H,2,5-6,8-9,11-12,29H2,1H3/t15-,23+/m1/s1. The zero-order chi connectivity index (χ0) is 28.4. The molecule has 1 aliphatic carbocycles. The van der Waals surface area contributed by atoms with Crippen LogP contribution in [-0.2, 0) is 14.3 Å². The minimum Gasteiger partial charge on any atom is -0.490 e. The Kier molecular flexibility index (Phi) is 7.43. The molecule has 3 aliphatic rings. The van der Waals surface area contributed by atoms with Gasteiger partial charge in [0, 0.05) is 43.5 Å². The molecule has 2 aromatic rings. The van der Waals surface area contributed by atoms with Gasteiger partial charge in [-0.2, -0.15) is 5.26 Å². The van der Waals surface area contributed by atoms with Crippen LogP contribution in [0.25, 0.3) is 0 Å². The summed E-state index contributed by atoms with van der Waals surface area (Å²) in [7, 11) is 0. The van der Waals surface area contributed by atoms with Crippen LogP contribution in [0.4, 0.5) is 10.5 Å². The molecular weight excluding hydrogens is 524 g/mol. The molecule has 1 amide bonds. The number of benzene rings is 1. The van der Waals surface area contributed by atoms with Crippen LogP contribution in [0.1, 0.15) is 42.9 Å². The predicted molar refractivity (Wildman–Crippen MR) is 136 cm³/mol. The Morgan fingerprint density at radius 1 is 1.30 bits per heavy atom. The number of Topliss-reactive ketones (excluding diaryl/α,β-unsaturated/α-hetero) is 1. The molecule has 0 saturated carbocycles. The van der Waals surface area contributed by atoms with Crippen molar-refractivity contribution in [2.45, 2.75) is 31.6 Å². The van der Waals surface area contributed by atoms with Gasteiger partial charge >= 0.3 is 11.8 Å². The quantitative estimate of drug-likeness (QED) is 0.410. The van der Waals surface area contributed by atoms with Crippen molar-refractivity contribution in [3.8, 4) is 17.6 Å². The van der Waals surface area contributed by atoms with Crippen molar-refractivity contribution < 1.29 is 37.9 Å². The summed E-state index contributed by atoms with van der Waals surface area (Å²) in [6.07, 6.45) is 1.09. The Labute approximate surface area is 228 Å². The van der Waals surface area contributed by atoms with Crippen molar-refractivity contribution in [1.29, 1.82) is 5.26 Å². The summed E-state index contributed by atoms with van der Waals surface area (Å²) in [4.78, 5) is 39.2. The number of allylic oxidation sites excluding steroid dienone is 3. The SMILES string of the molecule is CCOc1cc([C@H]2C(C#N)=C(N)OC3=C2C(=O)C[C@@H](c2ccco2)C3)cc([N+](=O)[O-])c1OC(=O)N1CCOCC1. The highest BCUT2D eigenvalue weighted by Crippen LogP contribution is 2.49. The van der Waals surface area contributed by atoms with Gasteiger partial charge in [-0.05, 0) is 30.7 Å². The molecule has 0 radical (unpaired) electrons. The summed E-state index contributed by atoms with van der Waals surface area (Å²) >= 11 is 0. The molecule has 0 spiro atoms. The van der Waals surface area contributed by atoms with Crippen LogP contribution in [0.2, 0.25) is 0 Å². The van der Waals surface area contributed by atoms with E-state index >= 15 is 0 Å². The van der Waals surface area contributed by atoms with Gasteiger partial charge in [0.2, 0.25) is 5.88 Å². The summed E-state index contributed by atoms with van der Waals surface area (Å²) in [5.41, 5.74) is 5.87. The minimum absolute atomic E-state index is 0.0710. The van der Waals surface area contributed by atoms with E-state index in [0.29, 0.717) is 19.0 Å². The lowest BCUT2D eigenvalue weighted by molar-refractivity contribution is -0.385. The number of furan rings is 1. The highest BCUT2D eigenvalue weighted by molar-refractivity contribution is 6.00. The van der Waals surface area contributed by atoms with Crippen LogP contribution in [0.5, 0.6) is 11.5 Å². The summed E-state index contributed by atoms with van der Waals surface area (Å²) < 4.78 is 27.6. The average Bonchev–Trinajstić information content (AvgIpc) is 3.49. The van der Waals surface area contributed by atoms with Crippen molar-refractivity contribution in [3.05, 3.63) is 74.8 Å². The summed E-state index contributed by atoms with van der Waals surface area (Å²) in [6.45, 7) is 2.93. The molecule has 13 nitrogen and oxygen atoms in total. The Bertz CT molecular complexity index is 1450. The molecule has 2 atom stereocenters. The number of hydrogen-bond donors (Lipinski definition) is 1. The molecular formula is C27H26N4O9. The molecule has 40 heavy (non-hydrogen) atoms. The monoisotopic (exact) mass is 550 g/mol. The lowest BCUT2D eigenvalue weighted by Crippen LogP contribution is -2.42. The average molecular weight is 551 g/mol. The molecule has 0 bridgehead atoms. The van der Waals surface area contributed by atoms with Crippen molar-refractivity contribution in [2.75, 3.05) is 32.9 Å². The topological polar surface area (TPSA) is 180 Å². The number of nitro groups is 1. The van der Waals surface area contributed by atoms with Gasteiger partial charge in [0.25, 0.3) is 5.75 Å². The van der Waals surface area contributed by atoms with Gasteiger partial charge in [0.15, 0.2) is 11.5 Å². The first-order valence-corrected chi connectivity index (χ1v) is 12.7. The Hall–Kier alpha value is -4.83. The number of nitro benzene ring substituents is 1. The number of morpholine rings is 1. The summed E-state index contributed by atoms with van der Waals surface area (Å²) in [5, 5.41) is 22.2. The molecule has 0 unspecified atom stereocenters. The number of amides is 1. The predicted octanol–water partition coefficient (Wildman–Crippen LogP) is 3.63. The van der Waals surface area contributed by atoms with E-state index in [2.05, 4.69) is 0 Å². The molecule has 3 heterocycles. The molecule has 13 heteroatoms. The number of carbonyl (C=O) groups excluding carboxylic acids is 2. The minimum atomic E-state index is -1.05. The van der Waals surface area contributed by atoms with Crippen LogP contribution in [0.3, 0.4) is 0 Å². The number of nitrogens with two attached hydrogens (primary N) is 1. The highest BCUT2D eigenvalue weighted by Gasteiger charge is 2.43. The zero-order valence-electron chi connectivity index (χ0n) is 21.6. The van der Waals surface area contributed by atoms with Crippen molar-refractivity contribution in [2.24, 2.45) is 5.73 Å². The van der Waals surface area contributed by atoms with Gasteiger partial charge in [0.1, 0.15) is 23.2 Å². The molecule has 2 N–H and O–H groups in total. The van der Waals surface area contributed by atoms with E-state index < -0.39 is 22.6 Å². The fourth-order valence-electron chi connectivity index (χ4n) is 5.14. The second-order valence-electron chi connectivity index (χ2n) is 9.33. The van der Waals surface area contributed by atoms with E-state index in [1.54, 1.807) is 19.1 Å². The van der Waals surface area contributed by atoms with Crippen molar-refractivity contribution in [1.82, 2.24) is 4.90 Å². The molecule has 5 rings (SSSR count). The Morgan fingerprint density at radius 2 is 2.08 bits per heavy atom. The lowest BCUT2D eigenvalue weighted by Gasteiger charge is -2.33. The van der Waals surface area contributed by atoms with Gasteiger partial charge in [-0.15, -0.1) is 0 Å². The van der Waals surface area contributed by atoms with Gasteiger partial charge < -0.3 is 34.0 Å². The van der Waals surface area contributed by atoms with Gasteiger partial charge in [-0.1, -0.05) is 0 Å².